The molecule has 1 aliphatic heterocycles. The summed E-state index contributed by atoms with van der Waals surface area (Å²) >= 11 is 0. The standard InChI is InChI=1S/C18H23N3O2/c1-12(18-20-15-4-2-3-5-16(15)23-18)21-10-8-13(9-11-21)17(22)19-14-6-7-14/h2-5,12-14H,6-11H2,1H3,(H,19,22). The summed E-state index contributed by atoms with van der Waals surface area (Å²) in [5.74, 6) is 1.19. The van der Waals surface area contributed by atoms with Gasteiger partial charge < -0.3 is 9.73 Å². The molecule has 1 aliphatic carbocycles. The lowest BCUT2D eigenvalue weighted by Gasteiger charge is -2.34. The topological polar surface area (TPSA) is 58.4 Å². The molecule has 1 N–H and O–H groups in total. The fraction of sp³-hybridized carbons (Fsp3) is 0.556. The van der Waals surface area contributed by atoms with Crippen LogP contribution in [0.2, 0.25) is 0 Å². The fourth-order valence-corrected chi connectivity index (χ4v) is 3.32. The Hall–Kier alpha value is -1.88. The largest absolute Gasteiger partial charge is 0.439 e. The van der Waals surface area contributed by atoms with Crippen molar-refractivity contribution in [2.75, 3.05) is 13.1 Å². The van der Waals surface area contributed by atoms with Gasteiger partial charge in [-0.3, -0.25) is 9.69 Å². The predicted octanol–water partition coefficient (Wildman–Crippen LogP) is 2.88. The van der Waals surface area contributed by atoms with Crippen LogP contribution >= 0.6 is 0 Å². The Morgan fingerprint density at radius 1 is 1.26 bits per heavy atom. The van der Waals surface area contributed by atoms with E-state index in [1.807, 2.05) is 24.3 Å². The Kier molecular flexibility index (Phi) is 3.81. The Morgan fingerprint density at radius 2 is 2.00 bits per heavy atom. The molecule has 5 heteroatoms. The molecule has 23 heavy (non-hydrogen) atoms. The number of amides is 1. The van der Waals surface area contributed by atoms with Crippen molar-refractivity contribution in [1.29, 1.82) is 0 Å². The highest BCUT2D eigenvalue weighted by Gasteiger charge is 2.32. The Bertz CT molecular complexity index is 666. The molecule has 0 bridgehead atoms. The van der Waals surface area contributed by atoms with Crippen molar-refractivity contribution in [2.45, 2.75) is 44.7 Å². The van der Waals surface area contributed by atoms with Crippen LogP contribution in [0.25, 0.3) is 11.1 Å². The number of fused-ring (bicyclic) bond motifs is 1. The van der Waals surface area contributed by atoms with Crippen LogP contribution in [0, 0.1) is 5.92 Å². The highest BCUT2D eigenvalue weighted by atomic mass is 16.3. The van der Waals surface area contributed by atoms with Gasteiger partial charge in [0.2, 0.25) is 11.8 Å². The van der Waals surface area contributed by atoms with Gasteiger partial charge in [0.25, 0.3) is 0 Å². The molecule has 122 valence electrons. The average Bonchev–Trinajstić information content (AvgIpc) is 3.29. The van der Waals surface area contributed by atoms with Gasteiger partial charge in [0.05, 0.1) is 6.04 Å². The van der Waals surface area contributed by atoms with E-state index in [1.54, 1.807) is 0 Å². The number of oxazole rings is 1. The van der Waals surface area contributed by atoms with Crippen molar-refractivity contribution < 1.29 is 9.21 Å². The molecule has 4 rings (SSSR count). The quantitative estimate of drug-likeness (QED) is 0.943. The maximum atomic E-state index is 12.2. The minimum Gasteiger partial charge on any atom is -0.439 e. The average molecular weight is 313 g/mol. The molecule has 0 spiro atoms. The highest BCUT2D eigenvalue weighted by Crippen LogP contribution is 2.29. The minimum atomic E-state index is 0.148. The second-order valence-corrected chi connectivity index (χ2v) is 6.79. The van der Waals surface area contributed by atoms with Gasteiger partial charge in [0.15, 0.2) is 5.58 Å². The number of carbonyl (C=O) groups is 1. The van der Waals surface area contributed by atoms with Crippen LogP contribution in [0.15, 0.2) is 28.7 Å². The van der Waals surface area contributed by atoms with Crippen LogP contribution in [0.4, 0.5) is 0 Å². The molecular weight excluding hydrogens is 290 g/mol. The summed E-state index contributed by atoms with van der Waals surface area (Å²) in [4.78, 5) is 19.1. The summed E-state index contributed by atoms with van der Waals surface area (Å²) in [5, 5.41) is 3.13. The second kappa shape index (κ2) is 5.96. The Morgan fingerprint density at radius 3 is 2.70 bits per heavy atom. The van der Waals surface area contributed by atoms with Gasteiger partial charge in [0.1, 0.15) is 5.52 Å². The zero-order valence-corrected chi connectivity index (χ0v) is 13.5. The molecule has 2 aromatic rings. The van der Waals surface area contributed by atoms with Gasteiger partial charge in [0, 0.05) is 12.0 Å². The molecule has 2 heterocycles. The van der Waals surface area contributed by atoms with Crippen LogP contribution in [0.1, 0.15) is 44.5 Å². The third-order valence-electron chi connectivity index (χ3n) is 5.04. The third kappa shape index (κ3) is 3.11. The van der Waals surface area contributed by atoms with E-state index in [0.717, 1.165) is 55.8 Å². The molecule has 2 fully saturated rings. The van der Waals surface area contributed by atoms with E-state index in [0.29, 0.717) is 6.04 Å². The Balaban J connectivity index is 1.38. The summed E-state index contributed by atoms with van der Waals surface area (Å²) in [6.45, 7) is 3.97. The summed E-state index contributed by atoms with van der Waals surface area (Å²) in [5.41, 5.74) is 1.75. The predicted molar refractivity (Wildman–Crippen MR) is 87.9 cm³/mol. The maximum absolute atomic E-state index is 12.2. The number of nitrogens with zero attached hydrogens (tertiary/aromatic N) is 2. The monoisotopic (exact) mass is 313 g/mol. The summed E-state index contributed by atoms with van der Waals surface area (Å²) in [6.07, 6.45) is 4.14. The van der Waals surface area contributed by atoms with E-state index >= 15 is 0 Å². The molecule has 1 atom stereocenters. The van der Waals surface area contributed by atoms with E-state index in [4.69, 9.17) is 4.42 Å². The van der Waals surface area contributed by atoms with Crippen LogP contribution in [0.3, 0.4) is 0 Å². The maximum Gasteiger partial charge on any atom is 0.223 e. The first-order chi connectivity index (χ1) is 11.2. The number of piperidine rings is 1. The fourth-order valence-electron chi connectivity index (χ4n) is 3.32. The SMILES string of the molecule is CC(c1nc2ccccc2o1)N1CCC(C(=O)NC2CC2)CC1. The number of carbonyl (C=O) groups excluding carboxylic acids is 1. The lowest BCUT2D eigenvalue weighted by Crippen LogP contribution is -2.42. The zero-order chi connectivity index (χ0) is 15.8. The van der Waals surface area contributed by atoms with E-state index in [1.165, 1.54) is 0 Å². The van der Waals surface area contributed by atoms with Crippen LogP contribution in [-0.2, 0) is 4.79 Å². The molecule has 1 aromatic heterocycles. The number of rotatable bonds is 4. The smallest absolute Gasteiger partial charge is 0.223 e. The van der Waals surface area contributed by atoms with Crippen LogP contribution in [0.5, 0.6) is 0 Å². The third-order valence-corrected chi connectivity index (χ3v) is 5.04. The molecule has 2 aliphatic rings. The molecule has 5 nitrogen and oxygen atoms in total. The number of nitrogens with one attached hydrogen (secondary N) is 1. The van der Waals surface area contributed by atoms with Crippen molar-refractivity contribution in [3.05, 3.63) is 30.2 Å². The van der Waals surface area contributed by atoms with Crippen molar-refractivity contribution in [3.63, 3.8) is 0 Å². The molecule has 0 radical (unpaired) electrons. The highest BCUT2D eigenvalue weighted by molar-refractivity contribution is 5.79. The van der Waals surface area contributed by atoms with E-state index < -0.39 is 0 Å². The van der Waals surface area contributed by atoms with E-state index in [2.05, 4.69) is 22.1 Å². The van der Waals surface area contributed by atoms with Crippen LogP contribution in [-0.4, -0.2) is 34.9 Å². The number of hydrogen-bond donors (Lipinski definition) is 1. The van der Waals surface area contributed by atoms with Gasteiger partial charge in [-0.2, -0.15) is 0 Å². The number of benzene rings is 1. The number of likely N-dealkylation sites (tertiary alicyclic amines) is 1. The van der Waals surface area contributed by atoms with Gasteiger partial charge in [-0.15, -0.1) is 0 Å². The first-order valence-electron chi connectivity index (χ1n) is 8.60. The molecule has 1 unspecified atom stereocenters. The van der Waals surface area contributed by atoms with Crippen molar-refractivity contribution >= 4 is 17.0 Å². The van der Waals surface area contributed by atoms with Crippen molar-refractivity contribution in [3.8, 4) is 0 Å². The van der Waals surface area contributed by atoms with Gasteiger partial charge >= 0.3 is 0 Å². The molecule has 1 saturated carbocycles. The van der Waals surface area contributed by atoms with Gasteiger partial charge in [-0.1, -0.05) is 12.1 Å². The number of para-hydroxylation sites is 2. The lowest BCUT2D eigenvalue weighted by molar-refractivity contribution is -0.126. The normalized spacial score (nSPS) is 21.4. The van der Waals surface area contributed by atoms with E-state index in [9.17, 15) is 4.79 Å². The van der Waals surface area contributed by atoms with Crippen LogP contribution < -0.4 is 5.32 Å². The first kappa shape index (κ1) is 14.7. The lowest BCUT2D eigenvalue weighted by atomic mass is 9.95. The molecule has 1 aromatic carbocycles. The van der Waals surface area contributed by atoms with Gasteiger partial charge in [-0.25, -0.2) is 4.98 Å². The van der Waals surface area contributed by atoms with E-state index in [-0.39, 0.29) is 17.9 Å². The molecular formula is C18H23N3O2. The minimum absolute atomic E-state index is 0.148. The summed E-state index contributed by atoms with van der Waals surface area (Å²) in [6, 6.07) is 8.47. The summed E-state index contributed by atoms with van der Waals surface area (Å²) < 4.78 is 5.89. The second-order valence-electron chi connectivity index (χ2n) is 6.79. The number of aromatic nitrogens is 1. The summed E-state index contributed by atoms with van der Waals surface area (Å²) in [7, 11) is 0. The van der Waals surface area contributed by atoms with Crippen molar-refractivity contribution in [2.24, 2.45) is 5.92 Å². The number of hydrogen-bond acceptors (Lipinski definition) is 4. The molecule has 1 amide bonds. The first-order valence-corrected chi connectivity index (χ1v) is 8.60. The zero-order valence-electron chi connectivity index (χ0n) is 13.5. The Labute approximate surface area is 136 Å². The molecule has 1 saturated heterocycles. The van der Waals surface area contributed by atoms with Crippen molar-refractivity contribution in [1.82, 2.24) is 15.2 Å². The van der Waals surface area contributed by atoms with Gasteiger partial charge in [-0.05, 0) is 57.8 Å².